The van der Waals surface area contributed by atoms with Crippen LogP contribution in [-0.4, -0.2) is 52.8 Å². The number of hydrogen-bond acceptors (Lipinski definition) is 6. The number of nitrogens with zero attached hydrogens (tertiary/aromatic N) is 5. The van der Waals surface area contributed by atoms with Crippen molar-refractivity contribution in [3.8, 4) is 17.1 Å². The molecule has 0 aliphatic carbocycles. The van der Waals surface area contributed by atoms with Gasteiger partial charge < -0.3 is 5.11 Å². The monoisotopic (exact) mass is 529 g/mol. The van der Waals surface area contributed by atoms with Gasteiger partial charge in [-0.05, 0) is 56.0 Å². The number of hydrogen-bond donors (Lipinski definition) is 1. The number of aryl methyl sites for hydroxylation is 1. The summed E-state index contributed by atoms with van der Waals surface area (Å²) in [6, 6.07) is 21.0. The smallest absolute Gasteiger partial charge is 0.265 e. The van der Waals surface area contributed by atoms with E-state index in [0.717, 1.165) is 38.0 Å². The maximum Gasteiger partial charge on any atom is 0.265 e. The predicted molar refractivity (Wildman–Crippen MR) is 147 cm³/mol. The van der Waals surface area contributed by atoms with E-state index in [1.165, 1.54) is 9.87 Å². The number of aromatic nitrogens is 3. The van der Waals surface area contributed by atoms with Gasteiger partial charge in [-0.3, -0.25) is 4.90 Å². The number of likely N-dealkylation sites (tertiary alicyclic amines) is 1. The van der Waals surface area contributed by atoms with Crippen LogP contribution in [0.3, 0.4) is 0 Å². The minimum atomic E-state index is -3.84. The second kappa shape index (κ2) is 9.89. The summed E-state index contributed by atoms with van der Waals surface area (Å²) in [4.78, 5) is 7.13. The lowest BCUT2D eigenvalue weighted by molar-refractivity contribution is 0.167. The van der Waals surface area contributed by atoms with E-state index in [1.807, 2.05) is 19.1 Å². The zero-order chi connectivity index (χ0) is 26.3. The Morgan fingerprint density at radius 3 is 2.42 bits per heavy atom. The Labute approximate surface area is 223 Å². The Balaban J connectivity index is 1.28. The Bertz CT molecular complexity index is 1540. The van der Waals surface area contributed by atoms with E-state index in [-0.39, 0.29) is 23.4 Å². The van der Waals surface area contributed by atoms with Gasteiger partial charge in [-0.15, -0.1) is 0 Å². The molecule has 2 aromatic carbocycles. The molecule has 1 fully saturated rings. The minimum absolute atomic E-state index is 0.0847. The van der Waals surface area contributed by atoms with E-state index in [2.05, 4.69) is 34.1 Å². The number of sulfonamides is 1. The van der Waals surface area contributed by atoms with Gasteiger partial charge in [-0.25, -0.2) is 22.4 Å². The van der Waals surface area contributed by atoms with Crippen LogP contribution >= 0.6 is 0 Å². The van der Waals surface area contributed by atoms with E-state index in [9.17, 15) is 13.5 Å². The first kappa shape index (κ1) is 24.6. The van der Waals surface area contributed by atoms with Gasteiger partial charge in [0.25, 0.3) is 10.0 Å². The first-order valence-electron chi connectivity index (χ1n) is 13.0. The molecule has 2 aliphatic rings. The summed E-state index contributed by atoms with van der Waals surface area (Å²) in [7, 11) is -3.84. The largest absolute Gasteiger partial charge is 0.493 e. The van der Waals surface area contributed by atoms with Crippen molar-refractivity contribution in [2.45, 2.75) is 43.7 Å². The van der Waals surface area contributed by atoms with Gasteiger partial charge in [0.1, 0.15) is 5.69 Å². The second-order valence-electron chi connectivity index (χ2n) is 10.1. The van der Waals surface area contributed by atoms with E-state index >= 15 is 0 Å². The molecule has 196 valence electrons. The number of piperidine rings is 1. The predicted octanol–water partition coefficient (Wildman–Crippen LogP) is 4.55. The van der Waals surface area contributed by atoms with Gasteiger partial charge in [-0.2, -0.15) is 5.10 Å². The molecule has 0 spiro atoms. The third kappa shape index (κ3) is 4.46. The highest BCUT2D eigenvalue weighted by atomic mass is 32.2. The molecule has 0 radical (unpaired) electrons. The fraction of sp³-hybridized carbons (Fsp3) is 0.310. The first-order valence-corrected chi connectivity index (χ1v) is 14.5. The number of anilines is 1. The molecule has 0 amide bonds. The van der Waals surface area contributed by atoms with Crippen molar-refractivity contribution >= 4 is 15.8 Å². The van der Waals surface area contributed by atoms with Crippen molar-refractivity contribution in [1.29, 1.82) is 0 Å². The van der Waals surface area contributed by atoms with Crippen molar-refractivity contribution in [3.05, 3.63) is 89.6 Å². The molecule has 6 rings (SSSR count). The van der Waals surface area contributed by atoms with Crippen molar-refractivity contribution in [2.24, 2.45) is 0 Å². The lowest BCUT2D eigenvalue weighted by Gasteiger charge is -2.32. The first-order chi connectivity index (χ1) is 18.4. The summed E-state index contributed by atoms with van der Waals surface area (Å²) in [5.41, 5.74) is 4.19. The third-order valence-corrected chi connectivity index (χ3v) is 9.39. The maximum absolute atomic E-state index is 13.6. The lowest BCUT2D eigenvalue weighted by Crippen LogP contribution is -2.34. The summed E-state index contributed by atoms with van der Waals surface area (Å²) in [5.74, 6) is 0.472. The van der Waals surface area contributed by atoms with Gasteiger partial charge in [-0.1, -0.05) is 48.0 Å². The standard InChI is InChI=1S/C29H31N5O3S/c1-21-9-11-24(12-10-21)38(36,37)33-19-15-26-27(25-8-5-16-30-28(25)33)31-34(29(26)35)23-13-17-32(18-14-23)20-22-6-3-2-4-7-22/h2-12,16,23,35H,13-15,17-20H2,1H3. The van der Waals surface area contributed by atoms with Crippen LogP contribution in [0.25, 0.3) is 11.3 Å². The highest BCUT2D eigenvalue weighted by Gasteiger charge is 2.35. The topological polar surface area (TPSA) is 91.6 Å². The maximum atomic E-state index is 13.6. The quantitative estimate of drug-likeness (QED) is 0.408. The number of aromatic hydroxyl groups is 1. The molecule has 2 aromatic heterocycles. The van der Waals surface area contributed by atoms with E-state index < -0.39 is 10.0 Å². The van der Waals surface area contributed by atoms with Crippen LogP contribution in [0.15, 0.2) is 77.8 Å². The van der Waals surface area contributed by atoms with Crippen LogP contribution in [0, 0.1) is 6.92 Å². The summed E-state index contributed by atoms with van der Waals surface area (Å²) in [5, 5.41) is 16.2. The van der Waals surface area contributed by atoms with Crippen molar-refractivity contribution < 1.29 is 13.5 Å². The van der Waals surface area contributed by atoms with Gasteiger partial charge >= 0.3 is 0 Å². The molecular weight excluding hydrogens is 498 g/mol. The summed E-state index contributed by atoms with van der Waals surface area (Å²) in [6.45, 7) is 4.85. The molecule has 0 bridgehead atoms. The number of pyridine rings is 1. The third-order valence-electron chi connectivity index (χ3n) is 7.58. The Kier molecular flexibility index (Phi) is 6.41. The zero-order valence-electron chi connectivity index (χ0n) is 21.4. The molecule has 38 heavy (non-hydrogen) atoms. The van der Waals surface area contributed by atoms with Crippen LogP contribution in [0.4, 0.5) is 5.82 Å². The van der Waals surface area contributed by atoms with Crippen molar-refractivity contribution in [1.82, 2.24) is 19.7 Å². The van der Waals surface area contributed by atoms with E-state index in [1.54, 1.807) is 41.2 Å². The highest BCUT2D eigenvalue weighted by molar-refractivity contribution is 7.92. The van der Waals surface area contributed by atoms with Crippen molar-refractivity contribution in [2.75, 3.05) is 23.9 Å². The molecule has 4 heterocycles. The molecule has 2 aliphatic heterocycles. The number of benzene rings is 2. The Morgan fingerprint density at radius 1 is 0.947 bits per heavy atom. The van der Waals surface area contributed by atoms with Gasteiger partial charge in [0.05, 0.1) is 10.9 Å². The second-order valence-corrected chi connectivity index (χ2v) is 12.0. The fourth-order valence-electron chi connectivity index (χ4n) is 5.50. The van der Waals surface area contributed by atoms with Crippen LogP contribution in [0.2, 0.25) is 0 Å². The molecule has 9 heteroatoms. The molecule has 0 unspecified atom stereocenters. The Morgan fingerprint density at radius 2 is 1.68 bits per heavy atom. The molecule has 1 N–H and O–H groups in total. The number of rotatable bonds is 5. The van der Waals surface area contributed by atoms with Gasteiger partial charge in [0, 0.05) is 43.5 Å². The Hall–Kier alpha value is -3.69. The molecule has 8 nitrogen and oxygen atoms in total. The summed E-state index contributed by atoms with van der Waals surface area (Å²) in [6.07, 6.45) is 3.71. The van der Waals surface area contributed by atoms with E-state index in [4.69, 9.17) is 5.10 Å². The van der Waals surface area contributed by atoms with Crippen molar-refractivity contribution in [3.63, 3.8) is 0 Å². The molecule has 1 saturated heterocycles. The zero-order valence-corrected chi connectivity index (χ0v) is 22.2. The van der Waals surface area contributed by atoms with Crippen LogP contribution < -0.4 is 4.31 Å². The highest BCUT2D eigenvalue weighted by Crippen LogP contribution is 2.41. The molecule has 0 saturated carbocycles. The normalized spacial score (nSPS) is 16.6. The molecule has 4 aromatic rings. The van der Waals surface area contributed by atoms with E-state index in [0.29, 0.717) is 29.1 Å². The lowest BCUT2D eigenvalue weighted by atomic mass is 10.0. The van der Waals surface area contributed by atoms with Gasteiger partial charge in [0.15, 0.2) is 5.82 Å². The summed E-state index contributed by atoms with van der Waals surface area (Å²) < 4.78 is 30.4. The average Bonchev–Trinajstić information content (AvgIpc) is 3.15. The SMILES string of the molecule is Cc1ccc(S(=O)(=O)N2CCc3c(nn(C4CCN(Cc5ccccc5)CC4)c3O)-c3cccnc32)cc1. The number of fused-ring (bicyclic) bond motifs is 3. The van der Waals surface area contributed by atoms with Crippen LogP contribution in [0.5, 0.6) is 5.88 Å². The molecular formula is C29H31N5O3S. The fourth-order valence-corrected chi connectivity index (χ4v) is 6.94. The van der Waals surface area contributed by atoms with Gasteiger partial charge in [0.2, 0.25) is 5.88 Å². The molecule has 0 atom stereocenters. The minimum Gasteiger partial charge on any atom is -0.493 e. The summed E-state index contributed by atoms with van der Waals surface area (Å²) >= 11 is 0. The average molecular weight is 530 g/mol. The van der Waals surface area contributed by atoms with Crippen LogP contribution in [-0.2, 0) is 23.0 Å². The van der Waals surface area contributed by atoms with Crippen LogP contribution in [0.1, 0.15) is 35.6 Å².